The Kier molecular flexibility index (Phi) is 4.09. The van der Waals surface area contributed by atoms with Crippen molar-refractivity contribution in [2.45, 2.75) is 0 Å². The number of aromatic nitrogens is 3. The molecule has 0 saturated heterocycles. The molecule has 0 radical (unpaired) electrons. The molecule has 0 aliphatic rings. The van der Waals surface area contributed by atoms with Gasteiger partial charge in [-0.3, -0.25) is 10.1 Å². The molecule has 0 fully saturated rings. The van der Waals surface area contributed by atoms with Crippen LogP contribution in [-0.4, -0.2) is 49.3 Å². The summed E-state index contributed by atoms with van der Waals surface area (Å²) >= 11 is 0. The molecule has 0 atom stereocenters. The molecule has 1 aromatic carbocycles. The summed E-state index contributed by atoms with van der Waals surface area (Å²) in [5, 5.41) is 39.0. The number of rotatable bonds is 6. The number of hydrogen-bond acceptors (Lipinski definition) is 7. The number of nitro benzene ring substituents is 1. The molecule has 0 amide bonds. The zero-order chi connectivity index (χ0) is 15.4. The summed E-state index contributed by atoms with van der Waals surface area (Å²) in [5.74, 6) is -1.41. The van der Waals surface area contributed by atoms with Gasteiger partial charge in [-0.15, -0.1) is 15.0 Å². The maximum absolute atomic E-state index is 11.1. The van der Waals surface area contributed by atoms with E-state index < -0.39 is 10.9 Å². The highest BCUT2D eigenvalue weighted by Crippen LogP contribution is 2.22. The molecule has 10 heteroatoms. The van der Waals surface area contributed by atoms with Crippen LogP contribution in [0.15, 0.2) is 24.3 Å². The summed E-state index contributed by atoms with van der Waals surface area (Å²) in [7, 11) is 0. The van der Waals surface area contributed by atoms with Crippen molar-refractivity contribution >= 4 is 17.5 Å². The van der Waals surface area contributed by atoms with Gasteiger partial charge >= 0.3 is 5.97 Å². The van der Waals surface area contributed by atoms with Crippen LogP contribution in [0.1, 0.15) is 10.5 Å². The van der Waals surface area contributed by atoms with Crippen LogP contribution in [0.25, 0.3) is 5.69 Å². The summed E-state index contributed by atoms with van der Waals surface area (Å²) in [6.45, 7) is -0.146. The van der Waals surface area contributed by atoms with Crippen LogP contribution >= 0.6 is 0 Å². The van der Waals surface area contributed by atoms with Crippen molar-refractivity contribution in [2.75, 3.05) is 18.5 Å². The highest BCUT2D eigenvalue weighted by atomic mass is 16.6. The summed E-state index contributed by atoms with van der Waals surface area (Å²) in [6.07, 6.45) is 0. The number of carboxylic acid groups (broad SMARTS) is 1. The van der Waals surface area contributed by atoms with E-state index in [-0.39, 0.29) is 36.0 Å². The Morgan fingerprint density at radius 3 is 2.71 bits per heavy atom. The van der Waals surface area contributed by atoms with Gasteiger partial charge in [0.25, 0.3) is 5.69 Å². The van der Waals surface area contributed by atoms with Gasteiger partial charge < -0.3 is 15.5 Å². The zero-order valence-corrected chi connectivity index (χ0v) is 10.6. The Bertz CT molecular complexity index is 683. The standard InChI is InChI=1S/C11H11N5O5/c17-6-5-12-10-9(11(18)19)13-15(14-10)7-3-1-2-4-8(7)16(20)21/h1-4,17H,5-6H2,(H,12,14)(H,18,19). The maximum atomic E-state index is 11.1. The molecule has 0 aliphatic carbocycles. The number of aromatic carboxylic acids is 1. The van der Waals surface area contributed by atoms with E-state index in [0.29, 0.717) is 0 Å². The molecule has 2 rings (SSSR count). The van der Waals surface area contributed by atoms with Gasteiger partial charge in [0.05, 0.1) is 11.5 Å². The van der Waals surface area contributed by atoms with Crippen molar-refractivity contribution in [3.05, 3.63) is 40.1 Å². The Labute approximate surface area is 117 Å². The molecule has 21 heavy (non-hydrogen) atoms. The van der Waals surface area contributed by atoms with Crippen LogP contribution in [0.4, 0.5) is 11.5 Å². The number of hydrogen-bond donors (Lipinski definition) is 3. The Balaban J connectivity index is 2.50. The number of nitrogens with one attached hydrogen (secondary N) is 1. The SMILES string of the molecule is O=C(O)c1nn(-c2ccccc2[N+](=O)[O-])nc1NCCO. The van der Waals surface area contributed by atoms with Gasteiger partial charge in [-0.05, 0) is 6.07 Å². The first-order valence-corrected chi connectivity index (χ1v) is 5.83. The van der Waals surface area contributed by atoms with E-state index in [0.717, 1.165) is 4.80 Å². The number of carboxylic acids is 1. The molecular weight excluding hydrogens is 282 g/mol. The molecule has 0 aliphatic heterocycles. The Hall–Kier alpha value is -3.01. The second-order valence-electron chi connectivity index (χ2n) is 3.89. The molecule has 10 nitrogen and oxygen atoms in total. The van der Waals surface area contributed by atoms with E-state index in [1.165, 1.54) is 18.2 Å². The minimum absolute atomic E-state index is 0.0436. The second kappa shape index (κ2) is 5.96. The largest absolute Gasteiger partial charge is 0.476 e. The third-order valence-electron chi connectivity index (χ3n) is 2.51. The van der Waals surface area contributed by atoms with Crippen molar-refractivity contribution in [1.29, 1.82) is 0 Å². The van der Waals surface area contributed by atoms with Crippen LogP contribution in [0.5, 0.6) is 0 Å². The lowest BCUT2D eigenvalue weighted by Gasteiger charge is -2.00. The highest BCUT2D eigenvalue weighted by molar-refractivity contribution is 5.90. The molecule has 0 saturated carbocycles. The van der Waals surface area contributed by atoms with Gasteiger partial charge in [0.1, 0.15) is 0 Å². The minimum Gasteiger partial charge on any atom is -0.476 e. The van der Waals surface area contributed by atoms with Crippen molar-refractivity contribution in [1.82, 2.24) is 15.0 Å². The van der Waals surface area contributed by atoms with E-state index in [1.54, 1.807) is 6.07 Å². The van der Waals surface area contributed by atoms with Crippen LogP contribution in [0.2, 0.25) is 0 Å². The van der Waals surface area contributed by atoms with Crippen LogP contribution in [0.3, 0.4) is 0 Å². The Morgan fingerprint density at radius 1 is 1.38 bits per heavy atom. The number of para-hydroxylation sites is 2. The number of nitrogens with zero attached hydrogens (tertiary/aromatic N) is 4. The van der Waals surface area contributed by atoms with Gasteiger partial charge in [-0.1, -0.05) is 12.1 Å². The molecule has 110 valence electrons. The van der Waals surface area contributed by atoms with Gasteiger partial charge in [0.15, 0.2) is 11.5 Å². The van der Waals surface area contributed by atoms with E-state index in [9.17, 15) is 14.9 Å². The van der Waals surface area contributed by atoms with E-state index >= 15 is 0 Å². The third-order valence-corrected chi connectivity index (χ3v) is 2.51. The van der Waals surface area contributed by atoms with Crippen molar-refractivity contribution < 1.29 is 19.9 Å². The monoisotopic (exact) mass is 293 g/mol. The average molecular weight is 293 g/mol. The topological polar surface area (TPSA) is 143 Å². The number of nitro groups is 1. The molecule has 0 unspecified atom stereocenters. The summed E-state index contributed by atoms with van der Waals surface area (Å²) in [6, 6.07) is 5.70. The van der Waals surface area contributed by atoms with Gasteiger partial charge in [0.2, 0.25) is 5.69 Å². The van der Waals surface area contributed by atoms with E-state index in [1.807, 2.05) is 0 Å². The fourth-order valence-corrected chi connectivity index (χ4v) is 1.64. The van der Waals surface area contributed by atoms with Crippen LogP contribution < -0.4 is 5.32 Å². The second-order valence-corrected chi connectivity index (χ2v) is 3.89. The van der Waals surface area contributed by atoms with Crippen molar-refractivity contribution in [3.8, 4) is 5.69 Å². The number of aliphatic hydroxyl groups excluding tert-OH is 1. The number of carbonyl (C=O) groups is 1. The van der Waals surface area contributed by atoms with E-state index in [2.05, 4.69) is 15.5 Å². The molecule has 1 aromatic heterocycles. The fraction of sp³-hybridized carbons (Fsp3) is 0.182. The molecule has 2 aromatic rings. The first kappa shape index (κ1) is 14.4. The van der Waals surface area contributed by atoms with Crippen LogP contribution in [0, 0.1) is 10.1 Å². The summed E-state index contributed by atoms with van der Waals surface area (Å²) in [4.78, 5) is 22.3. The first-order chi connectivity index (χ1) is 10.0. The number of benzene rings is 1. The third kappa shape index (κ3) is 2.95. The predicted octanol–water partition coefficient (Wildman–Crippen LogP) is 0.278. The lowest BCUT2D eigenvalue weighted by atomic mass is 10.3. The maximum Gasteiger partial charge on any atom is 0.360 e. The Morgan fingerprint density at radius 2 is 2.10 bits per heavy atom. The van der Waals surface area contributed by atoms with Crippen LogP contribution in [-0.2, 0) is 0 Å². The zero-order valence-electron chi connectivity index (χ0n) is 10.6. The quantitative estimate of drug-likeness (QED) is 0.508. The molecule has 1 heterocycles. The molecule has 0 bridgehead atoms. The van der Waals surface area contributed by atoms with Gasteiger partial charge in [-0.25, -0.2) is 4.79 Å². The molecule has 3 N–H and O–H groups in total. The normalized spacial score (nSPS) is 10.3. The molecular formula is C11H11N5O5. The lowest BCUT2D eigenvalue weighted by molar-refractivity contribution is -0.384. The summed E-state index contributed by atoms with van der Waals surface area (Å²) < 4.78 is 0. The smallest absolute Gasteiger partial charge is 0.360 e. The van der Waals surface area contributed by atoms with Crippen molar-refractivity contribution in [2.24, 2.45) is 0 Å². The van der Waals surface area contributed by atoms with Gasteiger partial charge in [-0.2, -0.15) is 0 Å². The highest BCUT2D eigenvalue weighted by Gasteiger charge is 2.22. The number of aliphatic hydroxyl groups is 1. The summed E-state index contributed by atoms with van der Waals surface area (Å²) in [5.41, 5.74) is -0.596. The number of anilines is 1. The lowest BCUT2D eigenvalue weighted by Crippen LogP contribution is -2.09. The van der Waals surface area contributed by atoms with Gasteiger partial charge in [0, 0.05) is 12.6 Å². The minimum atomic E-state index is -1.33. The predicted molar refractivity (Wildman–Crippen MR) is 70.5 cm³/mol. The van der Waals surface area contributed by atoms with Crippen molar-refractivity contribution in [3.63, 3.8) is 0 Å². The first-order valence-electron chi connectivity index (χ1n) is 5.83. The average Bonchev–Trinajstić information content (AvgIpc) is 2.89. The van der Waals surface area contributed by atoms with E-state index in [4.69, 9.17) is 10.2 Å². The molecule has 0 spiro atoms. The fourth-order valence-electron chi connectivity index (χ4n) is 1.64.